The number of fused-ring (bicyclic) bond motifs is 9. The Labute approximate surface area is 338 Å². The summed E-state index contributed by atoms with van der Waals surface area (Å²) < 4.78 is 29.3. The van der Waals surface area contributed by atoms with E-state index in [0.717, 1.165) is 28.0 Å². The van der Waals surface area contributed by atoms with Crippen molar-refractivity contribution in [3.05, 3.63) is 50.7 Å². The number of phenols is 1. The second-order valence-electron chi connectivity index (χ2n) is 12.0. The molecule has 0 spiro atoms. The number of piperazine rings is 1. The first kappa shape index (κ1) is 36.0. The van der Waals surface area contributed by atoms with Crippen LogP contribution in [0.4, 0.5) is 0 Å². The van der Waals surface area contributed by atoms with Crippen LogP contribution in [0.5, 0.6) is 23.0 Å². The predicted octanol–water partition coefficient (Wildman–Crippen LogP) is 4.01. The number of thioether (sulfide) groups is 1. The molecule has 5 aliphatic rings. The zero-order chi connectivity index (χ0) is 30.3. The Morgan fingerprint density at radius 1 is 1.13 bits per heavy atom. The van der Waals surface area contributed by atoms with Crippen LogP contribution in [0.3, 0.4) is 0 Å². The number of carbonyl (C=O) groups excluding carboxylic acids is 1. The van der Waals surface area contributed by atoms with E-state index in [1.807, 2.05) is 6.92 Å². The first-order valence-electron chi connectivity index (χ1n) is 14.5. The third-order valence-corrected chi connectivity index (χ3v) is 11.3. The molecule has 2 radical (unpaired) electrons. The van der Waals surface area contributed by atoms with Crippen LogP contribution in [-0.4, -0.2) is 85.1 Å². The summed E-state index contributed by atoms with van der Waals surface area (Å²) in [5.74, 6) is 1.44. The van der Waals surface area contributed by atoms with Crippen LogP contribution in [0.15, 0.2) is 6.07 Å². The van der Waals surface area contributed by atoms with Crippen LogP contribution in [0.2, 0.25) is 0 Å². The van der Waals surface area contributed by atoms with Crippen molar-refractivity contribution in [2.45, 2.75) is 68.7 Å². The molecular weight excluding hydrogens is 1030 g/mol. The molecule has 2 saturated heterocycles. The average molecular weight is 1060 g/mol. The minimum absolute atomic E-state index is 0. The summed E-state index contributed by atoms with van der Waals surface area (Å²) in [5, 5.41) is 22.2. The number of nitrogens with one attached hydrogen (secondary N) is 1. The van der Waals surface area contributed by atoms with Crippen molar-refractivity contribution in [1.82, 2.24) is 9.80 Å². The number of phenolic OH excluding ortho intramolecular Hbond substituents is 1. The number of aryl methyl sites for hydroxylation is 1. The van der Waals surface area contributed by atoms with Gasteiger partial charge in [0.05, 0.1) is 23.4 Å². The normalized spacial score (nSPS) is 29.6. The molecule has 45 heavy (non-hydrogen) atoms. The van der Waals surface area contributed by atoms with Gasteiger partial charge in [-0.3, -0.25) is 14.6 Å². The summed E-state index contributed by atoms with van der Waals surface area (Å²) >= 11 is 1.44. The summed E-state index contributed by atoms with van der Waals surface area (Å²) in [5.41, 5.74) is 14.8. The monoisotopic (exact) mass is 1060 g/mol. The third-order valence-electron chi connectivity index (χ3n) is 9.90. The van der Waals surface area contributed by atoms with Gasteiger partial charge < -0.3 is 34.5 Å². The van der Waals surface area contributed by atoms with E-state index in [4.69, 9.17) is 29.4 Å². The molecule has 2 aromatic rings. The Morgan fingerprint density at radius 3 is 2.58 bits per heavy atom. The zero-order valence-electron chi connectivity index (χ0n) is 26.0. The maximum atomic E-state index is 12.9. The van der Waals surface area contributed by atoms with Crippen LogP contribution >= 0.6 is 11.8 Å². The van der Waals surface area contributed by atoms with Gasteiger partial charge in [-0.2, -0.15) is 17.0 Å². The molecule has 4 bridgehead atoms. The van der Waals surface area contributed by atoms with E-state index in [2.05, 4.69) is 42.8 Å². The summed E-state index contributed by atoms with van der Waals surface area (Å²) in [6, 6.07) is 1.86. The molecule has 7 rings (SSSR count). The zero-order valence-corrected chi connectivity index (χ0v) is 36.3. The van der Waals surface area contributed by atoms with Gasteiger partial charge in [-0.25, -0.2) is 0 Å². The van der Waals surface area contributed by atoms with E-state index in [0.29, 0.717) is 34.6 Å². The van der Waals surface area contributed by atoms with Gasteiger partial charge in [0.1, 0.15) is 24.1 Å². The third kappa shape index (κ3) is 5.48. The van der Waals surface area contributed by atoms with Gasteiger partial charge >= 0.3 is 0 Å². The molecule has 1 unspecified atom stereocenters. The molecule has 2 fully saturated rings. The smallest absolute Gasteiger partial charge is 0.288 e. The minimum atomic E-state index is -1.08. The van der Waals surface area contributed by atoms with Crippen molar-refractivity contribution in [2.24, 2.45) is 0 Å². The Hall–Kier alpha value is -0.327. The number of hydrogen-bond donors (Lipinski definition) is 1. The molecule has 5 aliphatic heterocycles. The number of methoxy groups -OCH3 is 1. The number of benzene rings is 2. The van der Waals surface area contributed by atoms with E-state index in [1.54, 1.807) is 7.11 Å². The topological polar surface area (TPSA) is 138 Å². The number of cyclic esters (lactones) is 1. The Balaban J connectivity index is 0.00000200. The summed E-state index contributed by atoms with van der Waals surface area (Å²) in [4.78, 5) is 17.3. The quantitative estimate of drug-likeness (QED) is 0.353. The standard InChI is InChI=1S/C31H35N4O7S.2Ac/c1-13-6-16-7-18-19(8-32)35-20-9-39-31(37)17(33)10-43-30(23-22(20)29-28(41-12-42-29)15(3)26(23)36)25(35)24(34(18)4)21(16)27(14(13)2)40-11-38-5;;/h6,17-20,24-25,30,33,36H,7,9-12H2,1-5H3;;/q-1;;/t17-,18-,19-,20-,24+,25?,30+;;/m0../s1. The Morgan fingerprint density at radius 2 is 1.87 bits per heavy atom. The largest absolute Gasteiger partial charge is 0.665 e. The van der Waals surface area contributed by atoms with Crippen molar-refractivity contribution in [1.29, 1.82) is 5.26 Å². The summed E-state index contributed by atoms with van der Waals surface area (Å²) in [7, 11) is 3.66. The van der Waals surface area contributed by atoms with E-state index < -0.39 is 29.3 Å². The minimum Gasteiger partial charge on any atom is -0.665 e. The molecule has 7 atom stereocenters. The van der Waals surface area contributed by atoms with Gasteiger partial charge in [-0.15, -0.1) is 0 Å². The number of rotatable bonds is 3. The van der Waals surface area contributed by atoms with Gasteiger partial charge in [0.15, 0.2) is 18.3 Å². The molecule has 2 aromatic carbocycles. The van der Waals surface area contributed by atoms with Gasteiger partial charge in [-0.1, -0.05) is 6.07 Å². The molecule has 0 aromatic heterocycles. The fourth-order valence-corrected chi connectivity index (χ4v) is 9.28. The maximum absolute atomic E-state index is 12.9. The van der Waals surface area contributed by atoms with E-state index in [1.165, 1.54) is 11.8 Å². The molecular formula is C31H35Ac2N4O7S-. The number of carbonyl (C=O) groups is 1. The maximum Gasteiger partial charge on any atom is 0.288 e. The average Bonchev–Trinajstić information content (AvgIpc) is 3.48. The molecule has 0 amide bonds. The Bertz CT molecular complexity index is 1570. The van der Waals surface area contributed by atoms with Gasteiger partial charge in [0.25, 0.3) is 5.97 Å². The second-order valence-corrected chi connectivity index (χ2v) is 13.2. The summed E-state index contributed by atoms with van der Waals surface area (Å²) in [6.45, 7) is 5.95. The summed E-state index contributed by atoms with van der Waals surface area (Å²) in [6.07, 6.45) is 0.636. The first-order valence-corrected chi connectivity index (χ1v) is 15.5. The predicted molar refractivity (Wildman–Crippen MR) is 157 cm³/mol. The van der Waals surface area contributed by atoms with Crippen molar-refractivity contribution in [3.8, 4) is 29.1 Å². The van der Waals surface area contributed by atoms with Crippen LogP contribution in [-0.2, 0) is 20.7 Å². The first-order chi connectivity index (χ1) is 20.7. The molecule has 5 heterocycles. The van der Waals surface area contributed by atoms with Gasteiger partial charge in [0.2, 0.25) is 6.79 Å². The van der Waals surface area contributed by atoms with Crippen molar-refractivity contribution >= 4 is 17.7 Å². The number of aromatic hydroxyl groups is 1. The molecule has 14 heteroatoms. The number of nitrogens with zero attached hydrogens (tertiary/aromatic N) is 3. The van der Waals surface area contributed by atoms with Crippen molar-refractivity contribution in [3.63, 3.8) is 0 Å². The van der Waals surface area contributed by atoms with Crippen LogP contribution in [0, 0.1) is 120 Å². The van der Waals surface area contributed by atoms with Crippen molar-refractivity contribution < 1.29 is 122 Å². The van der Waals surface area contributed by atoms with Crippen LogP contribution in [0.1, 0.15) is 56.3 Å². The van der Waals surface area contributed by atoms with E-state index in [-0.39, 0.29) is 138 Å². The van der Waals surface area contributed by atoms with Crippen LogP contribution in [0.25, 0.3) is 5.73 Å². The fourth-order valence-electron chi connectivity index (χ4n) is 7.86. The number of ether oxygens (including phenoxy) is 5. The molecule has 2 N–H and O–H groups in total. The molecule has 0 saturated carbocycles. The van der Waals surface area contributed by atoms with Crippen LogP contribution < -0.4 is 14.2 Å². The van der Waals surface area contributed by atoms with E-state index in [9.17, 15) is 15.2 Å². The van der Waals surface area contributed by atoms with E-state index >= 15 is 0 Å². The number of nitriles is 1. The second kappa shape index (κ2) is 13.9. The SMILES string of the molecule is COCOc1c(C)c(C)cc2c1[C@@H]1C3[C@@H]4SC[C@H]([NH-])C(=O)OC[C@@H](c5c6c(c(C)c(O)c54)OCO6)N3[C@@H](C#N)[C@H](C2)N1C.[Ac].[Ac]. The molecule has 0 aliphatic carbocycles. The fraction of sp³-hybridized carbons (Fsp3) is 0.548. The van der Waals surface area contributed by atoms with Gasteiger partial charge in [0, 0.05) is 130 Å². The van der Waals surface area contributed by atoms with Crippen molar-refractivity contribution in [2.75, 3.05) is 40.1 Å². The number of hydrogen-bond acceptors (Lipinski definition) is 11. The molecule has 11 nitrogen and oxygen atoms in total. The number of likely N-dealkylation sites (N-methyl/N-ethyl adjacent to an activating group) is 1. The van der Waals surface area contributed by atoms with Gasteiger partial charge in [-0.05, 0) is 62.7 Å². The number of esters is 1. The molecule has 234 valence electrons. The Kier molecular flexibility index (Phi) is 11.1.